The normalized spacial score (nSPS) is 12.3. The molecule has 0 atom stereocenters. The summed E-state index contributed by atoms with van der Waals surface area (Å²) in [5.41, 5.74) is 1.59. The molecule has 1 aromatic carbocycles. The Labute approximate surface area is 109 Å². The Balaban J connectivity index is 3.08. The molecule has 1 aromatic rings. The maximum Gasteiger partial charge on any atom is 0.416 e. The molecule has 0 bridgehead atoms. The largest absolute Gasteiger partial charge is 0.416 e. The molecule has 20 heavy (non-hydrogen) atoms. The number of hydrogen-bond acceptors (Lipinski definition) is 2. The first-order chi connectivity index (χ1) is 9.00. The van der Waals surface area contributed by atoms with Gasteiger partial charge in [-0.2, -0.15) is 26.3 Å². The van der Waals surface area contributed by atoms with Gasteiger partial charge >= 0.3 is 12.4 Å². The van der Waals surface area contributed by atoms with Crippen molar-refractivity contribution >= 4 is 11.6 Å². The van der Waals surface area contributed by atoms with Crippen molar-refractivity contribution in [1.82, 2.24) is 0 Å². The maximum absolute atomic E-state index is 12.5. The lowest BCUT2D eigenvalue weighted by molar-refractivity contribution is -0.143. The first-order valence-electron chi connectivity index (χ1n) is 5.32. The van der Waals surface area contributed by atoms with Gasteiger partial charge in [0.25, 0.3) is 0 Å². The Morgan fingerprint density at radius 2 is 1.45 bits per heavy atom. The number of halogens is 6. The van der Waals surface area contributed by atoms with Crippen molar-refractivity contribution in [3.8, 4) is 0 Å². The summed E-state index contributed by atoms with van der Waals surface area (Å²) >= 11 is 0. The summed E-state index contributed by atoms with van der Waals surface area (Å²) < 4.78 is 75.1. The second kappa shape index (κ2) is 5.59. The molecule has 0 aliphatic carbocycles. The summed E-state index contributed by atoms with van der Waals surface area (Å²) in [7, 11) is 0. The van der Waals surface area contributed by atoms with Crippen molar-refractivity contribution in [3.05, 3.63) is 29.3 Å². The van der Waals surface area contributed by atoms with Crippen LogP contribution in [0.5, 0.6) is 0 Å². The molecule has 0 spiro atoms. The molecular weight excluding hydrogens is 290 g/mol. The third-order valence-electron chi connectivity index (χ3n) is 2.29. The number of carbonyl (C=O) groups is 1. The van der Waals surface area contributed by atoms with E-state index >= 15 is 0 Å². The zero-order valence-electron chi connectivity index (χ0n) is 9.90. The zero-order chi connectivity index (χ0) is 15.6. The lowest BCUT2D eigenvalue weighted by atomic mass is 10.1. The van der Waals surface area contributed by atoms with Gasteiger partial charge in [-0.05, 0) is 18.2 Å². The van der Waals surface area contributed by atoms with E-state index in [1.165, 1.54) is 0 Å². The lowest BCUT2D eigenvalue weighted by Gasteiger charge is -2.15. The van der Waals surface area contributed by atoms with Gasteiger partial charge in [0.15, 0.2) is 0 Å². The number of benzene rings is 1. The summed E-state index contributed by atoms with van der Waals surface area (Å²) in [6, 6.07) is 1.10. The highest BCUT2D eigenvalue weighted by Crippen LogP contribution is 2.37. The topological polar surface area (TPSA) is 55.1 Å². The van der Waals surface area contributed by atoms with E-state index in [1.807, 2.05) is 0 Å². The second-order valence-electron chi connectivity index (χ2n) is 3.94. The SMILES string of the molecule is NC(=O)CCNc1cc(C(F)(F)F)cc(C(F)(F)F)c1. The van der Waals surface area contributed by atoms with Crippen molar-refractivity contribution in [2.45, 2.75) is 18.8 Å². The van der Waals surface area contributed by atoms with Crippen LogP contribution in [0.4, 0.5) is 32.0 Å². The number of rotatable bonds is 4. The Morgan fingerprint density at radius 1 is 1.00 bits per heavy atom. The molecule has 0 unspecified atom stereocenters. The highest BCUT2D eigenvalue weighted by molar-refractivity contribution is 5.74. The molecule has 3 nitrogen and oxygen atoms in total. The smallest absolute Gasteiger partial charge is 0.385 e. The van der Waals surface area contributed by atoms with Crippen LogP contribution in [-0.4, -0.2) is 12.5 Å². The van der Waals surface area contributed by atoms with Crippen LogP contribution >= 0.6 is 0 Å². The van der Waals surface area contributed by atoms with Crippen LogP contribution in [0.3, 0.4) is 0 Å². The van der Waals surface area contributed by atoms with Crippen LogP contribution in [0.15, 0.2) is 18.2 Å². The van der Waals surface area contributed by atoms with Crippen molar-refractivity contribution in [1.29, 1.82) is 0 Å². The van der Waals surface area contributed by atoms with Gasteiger partial charge in [0.1, 0.15) is 0 Å². The number of primary amides is 1. The molecule has 0 aliphatic heterocycles. The second-order valence-corrected chi connectivity index (χ2v) is 3.94. The predicted octanol–water partition coefficient (Wildman–Crippen LogP) is 3.01. The van der Waals surface area contributed by atoms with Gasteiger partial charge < -0.3 is 11.1 Å². The molecule has 0 saturated carbocycles. The molecule has 112 valence electrons. The number of nitrogens with two attached hydrogens (primary N) is 1. The van der Waals surface area contributed by atoms with Crippen LogP contribution in [0.1, 0.15) is 17.5 Å². The van der Waals surface area contributed by atoms with Gasteiger partial charge in [0.05, 0.1) is 11.1 Å². The fourth-order valence-electron chi connectivity index (χ4n) is 1.39. The first kappa shape index (κ1) is 16.1. The van der Waals surface area contributed by atoms with Gasteiger partial charge in [0.2, 0.25) is 5.91 Å². The molecule has 3 N–H and O–H groups in total. The van der Waals surface area contributed by atoms with Gasteiger partial charge in [-0.1, -0.05) is 0 Å². The Bertz CT molecular complexity index is 462. The standard InChI is InChI=1S/C11H10F6N2O/c12-10(13,14)6-3-7(11(15,16)17)5-8(4-6)19-2-1-9(18)20/h3-5,19H,1-2H2,(H2,18,20). The number of amides is 1. The molecule has 1 amide bonds. The molecule has 0 aromatic heterocycles. The third kappa shape index (κ3) is 4.63. The van der Waals surface area contributed by atoms with Gasteiger partial charge in [0, 0.05) is 18.7 Å². The number of alkyl halides is 6. The van der Waals surface area contributed by atoms with Crippen molar-refractivity contribution < 1.29 is 31.1 Å². The fraction of sp³-hybridized carbons (Fsp3) is 0.364. The first-order valence-corrected chi connectivity index (χ1v) is 5.32. The maximum atomic E-state index is 12.5. The van der Waals surface area contributed by atoms with Gasteiger partial charge in [-0.25, -0.2) is 0 Å². The van der Waals surface area contributed by atoms with E-state index in [0.29, 0.717) is 12.1 Å². The van der Waals surface area contributed by atoms with E-state index in [1.54, 1.807) is 0 Å². The molecule has 0 aliphatic rings. The van der Waals surface area contributed by atoms with Crippen molar-refractivity contribution in [3.63, 3.8) is 0 Å². The van der Waals surface area contributed by atoms with E-state index in [2.05, 4.69) is 5.32 Å². The van der Waals surface area contributed by atoms with Crippen molar-refractivity contribution in [2.75, 3.05) is 11.9 Å². The Kier molecular flexibility index (Phi) is 4.51. The van der Waals surface area contributed by atoms with E-state index in [9.17, 15) is 31.1 Å². The summed E-state index contributed by atoms with van der Waals surface area (Å²) in [4.78, 5) is 10.5. The fourth-order valence-corrected chi connectivity index (χ4v) is 1.39. The van der Waals surface area contributed by atoms with Gasteiger partial charge in [-0.15, -0.1) is 0 Å². The highest BCUT2D eigenvalue weighted by atomic mass is 19.4. The number of nitrogens with one attached hydrogen (secondary N) is 1. The summed E-state index contributed by atoms with van der Waals surface area (Å²) in [5, 5.41) is 2.30. The molecular formula is C11H10F6N2O. The molecule has 0 saturated heterocycles. The minimum atomic E-state index is -4.90. The van der Waals surface area contributed by atoms with E-state index < -0.39 is 29.4 Å². The minimum Gasteiger partial charge on any atom is -0.385 e. The van der Waals surface area contributed by atoms with Crippen LogP contribution in [0.25, 0.3) is 0 Å². The monoisotopic (exact) mass is 300 g/mol. The quantitative estimate of drug-likeness (QED) is 0.840. The van der Waals surface area contributed by atoms with E-state index in [-0.39, 0.29) is 24.7 Å². The van der Waals surface area contributed by atoms with Crippen molar-refractivity contribution in [2.24, 2.45) is 5.73 Å². The lowest BCUT2D eigenvalue weighted by Crippen LogP contribution is -2.17. The minimum absolute atomic E-state index is 0.0270. The third-order valence-corrected chi connectivity index (χ3v) is 2.29. The molecule has 0 heterocycles. The Hall–Kier alpha value is -1.93. The molecule has 0 fully saturated rings. The number of anilines is 1. The molecule has 9 heteroatoms. The molecule has 1 rings (SSSR count). The highest BCUT2D eigenvalue weighted by Gasteiger charge is 2.36. The number of carbonyl (C=O) groups excluding carboxylic acids is 1. The van der Waals surface area contributed by atoms with Crippen LogP contribution in [0, 0.1) is 0 Å². The van der Waals surface area contributed by atoms with Gasteiger partial charge in [-0.3, -0.25) is 4.79 Å². The zero-order valence-corrected chi connectivity index (χ0v) is 9.90. The number of hydrogen-bond donors (Lipinski definition) is 2. The van der Waals surface area contributed by atoms with E-state index in [4.69, 9.17) is 5.73 Å². The summed E-state index contributed by atoms with van der Waals surface area (Å²) in [6.07, 6.45) is -10.0. The average molecular weight is 300 g/mol. The summed E-state index contributed by atoms with van der Waals surface area (Å²) in [5.74, 6) is -0.722. The van der Waals surface area contributed by atoms with Crippen LogP contribution in [-0.2, 0) is 17.1 Å². The molecule has 0 radical (unpaired) electrons. The van der Waals surface area contributed by atoms with Crippen LogP contribution < -0.4 is 11.1 Å². The van der Waals surface area contributed by atoms with E-state index in [0.717, 1.165) is 0 Å². The van der Waals surface area contributed by atoms with Crippen LogP contribution in [0.2, 0.25) is 0 Å². The summed E-state index contributed by atoms with van der Waals surface area (Å²) in [6.45, 7) is -0.159. The Morgan fingerprint density at radius 3 is 1.80 bits per heavy atom. The average Bonchev–Trinajstić information content (AvgIpc) is 2.25. The predicted molar refractivity (Wildman–Crippen MR) is 58.7 cm³/mol.